The summed E-state index contributed by atoms with van der Waals surface area (Å²) in [5, 5.41) is 0. The smallest absolute Gasteiger partial charge is 0.129 e. The third-order valence-electron chi connectivity index (χ3n) is 3.79. The number of hydrogen-bond donors (Lipinski definition) is 0. The van der Waals surface area contributed by atoms with Crippen molar-refractivity contribution in [3.8, 4) is 5.75 Å². The van der Waals surface area contributed by atoms with E-state index in [9.17, 15) is 4.79 Å². The van der Waals surface area contributed by atoms with E-state index in [0.29, 0.717) is 12.2 Å². The molecule has 0 bridgehead atoms. The van der Waals surface area contributed by atoms with Gasteiger partial charge in [-0.25, -0.2) is 0 Å². The second kappa shape index (κ2) is 7.29. The molecule has 0 amide bonds. The molecular formula is C16H24N2O2. The number of nitrogens with zero attached hydrogens (tertiary/aromatic N) is 2. The normalized spacial score (nSPS) is 16.2. The van der Waals surface area contributed by atoms with Crippen molar-refractivity contribution in [1.29, 1.82) is 0 Å². The molecular weight excluding hydrogens is 252 g/mol. The standard InChI is InChI=1S/C16H24N2O2/c1-14(19)5-4-8-17-9-11-18(12-10-17)15-6-3-7-16(13-15)20-2/h3,6-7,13H,4-5,8-12H2,1-2H3. The van der Waals surface area contributed by atoms with Gasteiger partial charge in [-0.2, -0.15) is 0 Å². The minimum atomic E-state index is 0.292. The number of carbonyl (C=O) groups excluding carboxylic acids is 1. The summed E-state index contributed by atoms with van der Waals surface area (Å²) in [5.41, 5.74) is 1.23. The number of Topliss-reactive ketones (excluding diaryl/α,β-unsaturated/α-hetero) is 1. The van der Waals surface area contributed by atoms with Crippen LogP contribution in [0.15, 0.2) is 24.3 Å². The van der Waals surface area contributed by atoms with Crippen LogP contribution in [0.5, 0.6) is 5.75 Å². The fourth-order valence-corrected chi connectivity index (χ4v) is 2.59. The zero-order chi connectivity index (χ0) is 14.4. The van der Waals surface area contributed by atoms with E-state index in [1.54, 1.807) is 14.0 Å². The molecule has 20 heavy (non-hydrogen) atoms. The van der Waals surface area contributed by atoms with E-state index in [4.69, 9.17) is 4.74 Å². The molecule has 0 aliphatic carbocycles. The van der Waals surface area contributed by atoms with Gasteiger partial charge in [0.25, 0.3) is 0 Å². The lowest BCUT2D eigenvalue weighted by Gasteiger charge is -2.36. The summed E-state index contributed by atoms with van der Waals surface area (Å²) in [6.07, 6.45) is 1.69. The Morgan fingerprint density at radius 1 is 1.25 bits per heavy atom. The van der Waals surface area contributed by atoms with Crippen molar-refractivity contribution in [3.05, 3.63) is 24.3 Å². The average Bonchev–Trinajstić information content (AvgIpc) is 2.48. The lowest BCUT2D eigenvalue weighted by Crippen LogP contribution is -2.46. The Hall–Kier alpha value is -1.55. The largest absolute Gasteiger partial charge is 0.497 e. The van der Waals surface area contributed by atoms with Crippen molar-refractivity contribution in [3.63, 3.8) is 0 Å². The predicted molar refractivity (Wildman–Crippen MR) is 81.6 cm³/mol. The molecule has 110 valence electrons. The number of benzene rings is 1. The van der Waals surface area contributed by atoms with Crippen LogP contribution in [-0.2, 0) is 4.79 Å². The minimum Gasteiger partial charge on any atom is -0.497 e. The molecule has 1 heterocycles. The van der Waals surface area contributed by atoms with Crippen molar-refractivity contribution in [2.75, 3.05) is 44.7 Å². The second-order valence-corrected chi connectivity index (χ2v) is 5.34. The minimum absolute atomic E-state index is 0.292. The molecule has 0 spiro atoms. The van der Waals surface area contributed by atoms with Gasteiger partial charge in [0.1, 0.15) is 11.5 Å². The van der Waals surface area contributed by atoms with Crippen LogP contribution in [0, 0.1) is 0 Å². The Morgan fingerprint density at radius 3 is 2.65 bits per heavy atom. The van der Waals surface area contributed by atoms with Crippen LogP contribution < -0.4 is 9.64 Å². The number of hydrogen-bond acceptors (Lipinski definition) is 4. The molecule has 0 radical (unpaired) electrons. The fraction of sp³-hybridized carbons (Fsp3) is 0.562. The number of ether oxygens (including phenoxy) is 1. The van der Waals surface area contributed by atoms with E-state index in [0.717, 1.165) is 44.9 Å². The maximum atomic E-state index is 10.9. The number of rotatable bonds is 6. The summed E-state index contributed by atoms with van der Waals surface area (Å²) < 4.78 is 5.27. The lowest BCUT2D eigenvalue weighted by molar-refractivity contribution is -0.117. The average molecular weight is 276 g/mol. The van der Waals surface area contributed by atoms with Crippen LogP contribution in [0.25, 0.3) is 0 Å². The first-order valence-corrected chi connectivity index (χ1v) is 7.30. The summed E-state index contributed by atoms with van der Waals surface area (Å²) in [4.78, 5) is 15.8. The maximum absolute atomic E-state index is 10.9. The van der Waals surface area contributed by atoms with Gasteiger partial charge in [-0.1, -0.05) is 6.07 Å². The molecule has 0 atom stereocenters. The Bertz CT molecular complexity index is 440. The molecule has 0 saturated carbocycles. The van der Waals surface area contributed by atoms with Crippen molar-refractivity contribution in [1.82, 2.24) is 4.90 Å². The van der Waals surface area contributed by atoms with E-state index >= 15 is 0 Å². The zero-order valence-corrected chi connectivity index (χ0v) is 12.5. The highest BCUT2D eigenvalue weighted by Gasteiger charge is 2.17. The zero-order valence-electron chi connectivity index (χ0n) is 12.5. The summed E-state index contributed by atoms with van der Waals surface area (Å²) >= 11 is 0. The first-order chi connectivity index (χ1) is 9.69. The molecule has 0 unspecified atom stereocenters. The van der Waals surface area contributed by atoms with Crippen molar-refractivity contribution in [2.24, 2.45) is 0 Å². The molecule has 0 aromatic heterocycles. The fourth-order valence-electron chi connectivity index (χ4n) is 2.59. The third-order valence-corrected chi connectivity index (χ3v) is 3.79. The number of anilines is 1. The first-order valence-electron chi connectivity index (χ1n) is 7.30. The molecule has 0 N–H and O–H groups in total. The quantitative estimate of drug-likeness (QED) is 0.797. The van der Waals surface area contributed by atoms with E-state index < -0.39 is 0 Å². The Balaban J connectivity index is 1.80. The molecule has 4 heteroatoms. The molecule has 1 aliphatic heterocycles. The summed E-state index contributed by atoms with van der Waals surface area (Å²) in [6, 6.07) is 8.23. The number of piperazine rings is 1. The van der Waals surface area contributed by atoms with Crippen LogP contribution in [0.3, 0.4) is 0 Å². The highest BCUT2D eigenvalue weighted by molar-refractivity contribution is 5.75. The Labute approximate surface area is 121 Å². The maximum Gasteiger partial charge on any atom is 0.129 e. The van der Waals surface area contributed by atoms with Crippen LogP contribution in [-0.4, -0.2) is 50.5 Å². The van der Waals surface area contributed by atoms with E-state index in [-0.39, 0.29) is 0 Å². The first kappa shape index (κ1) is 14.9. The van der Waals surface area contributed by atoms with Gasteiger partial charge in [-0.3, -0.25) is 4.90 Å². The molecule has 4 nitrogen and oxygen atoms in total. The van der Waals surface area contributed by atoms with Gasteiger partial charge in [0.2, 0.25) is 0 Å². The van der Waals surface area contributed by atoms with Gasteiger partial charge in [0.15, 0.2) is 0 Å². The molecule has 1 fully saturated rings. The summed E-state index contributed by atoms with van der Waals surface area (Å²) in [5.74, 6) is 1.20. The number of carbonyl (C=O) groups is 1. The van der Waals surface area contributed by atoms with Gasteiger partial charge >= 0.3 is 0 Å². The molecule has 1 aliphatic rings. The summed E-state index contributed by atoms with van der Waals surface area (Å²) in [6.45, 7) is 6.90. The number of methoxy groups -OCH3 is 1. The second-order valence-electron chi connectivity index (χ2n) is 5.34. The highest BCUT2D eigenvalue weighted by Crippen LogP contribution is 2.22. The third kappa shape index (κ3) is 4.23. The van der Waals surface area contributed by atoms with E-state index in [1.807, 2.05) is 12.1 Å². The SMILES string of the molecule is COc1cccc(N2CCN(CCCC(C)=O)CC2)c1. The Kier molecular flexibility index (Phi) is 5.41. The monoisotopic (exact) mass is 276 g/mol. The molecule has 1 aromatic rings. The Morgan fingerprint density at radius 2 is 2.00 bits per heavy atom. The van der Waals surface area contributed by atoms with Crippen molar-refractivity contribution < 1.29 is 9.53 Å². The van der Waals surface area contributed by atoms with Gasteiger partial charge in [0.05, 0.1) is 7.11 Å². The van der Waals surface area contributed by atoms with Gasteiger partial charge in [-0.15, -0.1) is 0 Å². The van der Waals surface area contributed by atoms with Gasteiger partial charge < -0.3 is 14.4 Å². The van der Waals surface area contributed by atoms with Gasteiger partial charge in [0, 0.05) is 44.4 Å². The number of ketones is 1. The lowest BCUT2D eigenvalue weighted by atomic mass is 10.2. The highest BCUT2D eigenvalue weighted by atomic mass is 16.5. The van der Waals surface area contributed by atoms with Gasteiger partial charge in [-0.05, 0) is 32.0 Å². The van der Waals surface area contributed by atoms with E-state index in [2.05, 4.69) is 21.9 Å². The van der Waals surface area contributed by atoms with Crippen LogP contribution in [0.4, 0.5) is 5.69 Å². The van der Waals surface area contributed by atoms with Crippen LogP contribution >= 0.6 is 0 Å². The van der Waals surface area contributed by atoms with Crippen LogP contribution in [0.2, 0.25) is 0 Å². The predicted octanol–water partition coefficient (Wildman–Crippen LogP) is 2.19. The van der Waals surface area contributed by atoms with E-state index in [1.165, 1.54) is 5.69 Å². The van der Waals surface area contributed by atoms with Crippen molar-refractivity contribution in [2.45, 2.75) is 19.8 Å². The summed E-state index contributed by atoms with van der Waals surface area (Å²) in [7, 11) is 1.70. The topological polar surface area (TPSA) is 32.8 Å². The molecule has 1 saturated heterocycles. The molecule has 1 aromatic carbocycles. The molecule has 2 rings (SSSR count). The van der Waals surface area contributed by atoms with Crippen molar-refractivity contribution >= 4 is 11.5 Å². The van der Waals surface area contributed by atoms with Crippen LogP contribution in [0.1, 0.15) is 19.8 Å².